The number of nitrogens with zero attached hydrogens (tertiary/aromatic N) is 2. The molecule has 0 spiro atoms. The maximum atomic E-state index is 5.97. The van der Waals surface area contributed by atoms with Crippen molar-refractivity contribution in [3.05, 3.63) is 40.3 Å². The number of rotatable bonds is 9. The Hall–Kier alpha value is -1.55. The third kappa shape index (κ3) is 7.92. The minimum absolute atomic E-state index is 0. The summed E-state index contributed by atoms with van der Waals surface area (Å²) in [5.74, 6) is 2.23. The molecule has 0 aliphatic rings. The highest BCUT2D eigenvalue weighted by Gasteiger charge is 2.09. The van der Waals surface area contributed by atoms with E-state index >= 15 is 0 Å². The van der Waals surface area contributed by atoms with Gasteiger partial charge in [0.25, 0.3) is 0 Å². The molecule has 1 aromatic heterocycles. The van der Waals surface area contributed by atoms with Gasteiger partial charge in [0.05, 0.1) is 20.2 Å². The summed E-state index contributed by atoms with van der Waals surface area (Å²) in [7, 11) is 1.64. The molecule has 150 valence electrons. The van der Waals surface area contributed by atoms with Crippen molar-refractivity contribution in [2.45, 2.75) is 39.8 Å². The fourth-order valence-electron chi connectivity index (χ4n) is 2.29. The summed E-state index contributed by atoms with van der Waals surface area (Å²) in [5, 5.41) is 7.60. The molecule has 0 amide bonds. The second kappa shape index (κ2) is 12.8. The van der Waals surface area contributed by atoms with Crippen LogP contribution in [0.15, 0.2) is 35.5 Å². The fourth-order valence-corrected chi connectivity index (χ4v) is 3.07. The number of thiazole rings is 1. The lowest BCUT2D eigenvalue weighted by Crippen LogP contribution is -2.41. The van der Waals surface area contributed by atoms with Crippen molar-refractivity contribution in [3.63, 3.8) is 0 Å². The normalized spacial score (nSPS) is 12.1. The van der Waals surface area contributed by atoms with E-state index in [2.05, 4.69) is 27.5 Å². The number of hydrogen-bond donors (Lipinski definition) is 2. The van der Waals surface area contributed by atoms with Crippen molar-refractivity contribution < 1.29 is 9.47 Å². The molecule has 2 rings (SSSR count). The number of hydrogen-bond acceptors (Lipinski definition) is 5. The van der Waals surface area contributed by atoms with Gasteiger partial charge in [-0.25, -0.2) is 9.98 Å². The average Bonchev–Trinajstić information content (AvgIpc) is 3.12. The number of nitrogens with one attached hydrogen (secondary N) is 2. The number of aromatic nitrogens is 1. The summed E-state index contributed by atoms with van der Waals surface area (Å²) in [6.07, 6.45) is 2.90. The van der Waals surface area contributed by atoms with Gasteiger partial charge in [0.15, 0.2) is 17.5 Å². The van der Waals surface area contributed by atoms with Crippen molar-refractivity contribution in [2.75, 3.05) is 20.2 Å². The molecule has 1 atom stereocenters. The number of guanidine groups is 1. The van der Waals surface area contributed by atoms with Crippen LogP contribution in [0.2, 0.25) is 0 Å². The van der Waals surface area contributed by atoms with Gasteiger partial charge >= 0.3 is 0 Å². The average molecular weight is 504 g/mol. The van der Waals surface area contributed by atoms with Crippen LogP contribution in [0.5, 0.6) is 11.5 Å². The molecule has 8 heteroatoms. The second-order valence-electron chi connectivity index (χ2n) is 5.73. The first-order valence-corrected chi connectivity index (χ1v) is 9.73. The Labute approximate surface area is 182 Å². The maximum absolute atomic E-state index is 5.97. The molecule has 0 fully saturated rings. The van der Waals surface area contributed by atoms with Crippen LogP contribution in [0.25, 0.3) is 0 Å². The number of halogens is 1. The van der Waals surface area contributed by atoms with E-state index in [4.69, 9.17) is 9.47 Å². The van der Waals surface area contributed by atoms with Gasteiger partial charge < -0.3 is 20.1 Å². The van der Waals surface area contributed by atoms with Crippen molar-refractivity contribution in [2.24, 2.45) is 4.99 Å². The van der Waals surface area contributed by atoms with Gasteiger partial charge in [0, 0.05) is 17.6 Å². The Balaban J connectivity index is 0.00000364. The predicted octanol–water partition coefficient (Wildman–Crippen LogP) is 3.85. The number of ether oxygens (including phenoxy) is 2. The monoisotopic (exact) mass is 504 g/mol. The highest BCUT2D eigenvalue weighted by Crippen LogP contribution is 2.26. The quantitative estimate of drug-likeness (QED) is 0.309. The minimum Gasteiger partial charge on any atom is -0.493 e. The van der Waals surface area contributed by atoms with E-state index in [1.807, 2.05) is 44.3 Å². The van der Waals surface area contributed by atoms with Gasteiger partial charge in [0.2, 0.25) is 0 Å². The van der Waals surface area contributed by atoms with E-state index in [1.54, 1.807) is 18.4 Å². The van der Waals surface area contributed by atoms with E-state index < -0.39 is 0 Å². The minimum atomic E-state index is -0.0401. The van der Waals surface area contributed by atoms with Crippen LogP contribution in [0.1, 0.15) is 30.7 Å². The number of aryl methyl sites for hydroxylation is 1. The molecule has 1 unspecified atom stereocenters. The molecule has 0 saturated heterocycles. The lowest BCUT2D eigenvalue weighted by molar-refractivity contribution is 0.213. The van der Waals surface area contributed by atoms with E-state index in [0.29, 0.717) is 13.1 Å². The first-order valence-electron chi connectivity index (χ1n) is 8.91. The van der Waals surface area contributed by atoms with Crippen molar-refractivity contribution in [1.29, 1.82) is 0 Å². The Morgan fingerprint density at radius 1 is 1.22 bits per heavy atom. The van der Waals surface area contributed by atoms with Gasteiger partial charge in [-0.05, 0) is 32.4 Å². The number of benzene rings is 1. The van der Waals surface area contributed by atoms with Gasteiger partial charge in [0.1, 0.15) is 11.1 Å². The van der Waals surface area contributed by atoms with Crippen LogP contribution in [0.4, 0.5) is 0 Å². The zero-order chi connectivity index (χ0) is 18.8. The molecule has 6 nitrogen and oxygen atoms in total. The maximum Gasteiger partial charge on any atom is 0.191 e. The summed E-state index contributed by atoms with van der Waals surface area (Å²) in [5.41, 5.74) is 0. The van der Waals surface area contributed by atoms with Crippen LogP contribution < -0.4 is 20.1 Å². The largest absolute Gasteiger partial charge is 0.493 e. The summed E-state index contributed by atoms with van der Waals surface area (Å²) in [6.45, 7) is 8.19. The molecular weight excluding hydrogens is 475 g/mol. The summed E-state index contributed by atoms with van der Waals surface area (Å²) in [4.78, 5) is 10.3. The Morgan fingerprint density at radius 3 is 2.59 bits per heavy atom. The Kier molecular flexibility index (Phi) is 11.1. The lowest BCUT2D eigenvalue weighted by Gasteiger charge is -2.18. The third-order valence-corrected chi connectivity index (χ3v) is 4.75. The molecule has 0 bridgehead atoms. The summed E-state index contributed by atoms with van der Waals surface area (Å²) >= 11 is 1.71. The van der Waals surface area contributed by atoms with Crippen LogP contribution >= 0.6 is 35.3 Å². The van der Waals surface area contributed by atoms with Crippen molar-refractivity contribution in [1.82, 2.24) is 15.6 Å². The first-order chi connectivity index (χ1) is 12.7. The van der Waals surface area contributed by atoms with Gasteiger partial charge in [-0.2, -0.15) is 0 Å². The zero-order valence-electron chi connectivity index (χ0n) is 16.3. The predicted molar refractivity (Wildman–Crippen MR) is 123 cm³/mol. The highest BCUT2D eigenvalue weighted by molar-refractivity contribution is 14.0. The SMILES string of the molecule is CCNC(=NCc1ncc(CC)s1)NCC(C)Oc1ccccc1OC.I. The molecule has 1 aromatic carbocycles. The molecule has 1 heterocycles. The first kappa shape index (κ1) is 23.5. The summed E-state index contributed by atoms with van der Waals surface area (Å²) in [6, 6.07) is 7.65. The fraction of sp³-hybridized carbons (Fsp3) is 0.474. The lowest BCUT2D eigenvalue weighted by atomic mass is 10.3. The van der Waals surface area contributed by atoms with Gasteiger partial charge in [-0.3, -0.25) is 0 Å². The van der Waals surface area contributed by atoms with E-state index in [0.717, 1.165) is 35.4 Å². The van der Waals surface area contributed by atoms with Crippen LogP contribution in [0.3, 0.4) is 0 Å². The van der Waals surface area contributed by atoms with Crippen LogP contribution in [-0.2, 0) is 13.0 Å². The zero-order valence-corrected chi connectivity index (χ0v) is 19.5. The number of methoxy groups -OCH3 is 1. The van der Waals surface area contributed by atoms with Gasteiger partial charge in [-0.1, -0.05) is 19.1 Å². The smallest absolute Gasteiger partial charge is 0.191 e. The number of para-hydroxylation sites is 2. The molecular formula is C19H29IN4O2S. The highest BCUT2D eigenvalue weighted by atomic mass is 127. The third-order valence-electron chi connectivity index (χ3n) is 3.62. The molecule has 0 saturated carbocycles. The second-order valence-corrected chi connectivity index (χ2v) is 6.93. The topological polar surface area (TPSA) is 67.8 Å². The van der Waals surface area contributed by atoms with Crippen molar-refractivity contribution in [3.8, 4) is 11.5 Å². The molecule has 2 N–H and O–H groups in total. The Morgan fingerprint density at radius 2 is 1.96 bits per heavy atom. The van der Waals surface area contributed by atoms with E-state index in [9.17, 15) is 0 Å². The van der Waals surface area contributed by atoms with Gasteiger partial charge in [-0.15, -0.1) is 35.3 Å². The molecule has 0 aliphatic carbocycles. The molecule has 0 radical (unpaired) electrons. The summed E-state index contributed by atoms with van der Waals surface area (Å²) < 4.78 is 11.3. The molecule has 27 heavy (non-hydrogen) atoms. The number of aliphatic imine (C=N–C) groups is 1. The molecule has 0 aliphatic heterocycles. The van der Waals surface area contributed by atoms with Crippen LogP contribution in [-0.4, -0.2) is 37.2 Å². The van der Waals surface area contributed by atoms with E-state index in [1.165, 1.54) is 4.88 Å². The Bertz CT molecular complexity index is 709. The van der Waals surface area contributed by atoms with E-state index in [-0.39, 0.29) is 30.1 Å². The van der Waals surface area contributed by atoms with Crippen LogP contribution in [0, 0.1) is 0 Å². The molecule has 2 aromatic rings. The van der Waals surface area contributed by atoms with Crippen molar-refractivity contribution >= 4 is 41.3 Å². The standard InChI is InChI=1S/C19H28N4O2S.HI/c1-5-15-12-21-18(26-15)13-23-19(20-6-2)22-11-14(3)25-17-10-8-7-9-16(17)24-4;/h7-10,12,14H,5-6,11,13H2,1-4H3,(H2,20,22,23);1H.